The Hall–Kier alpha value is -3.49. The fourth-order valence-corrected chi connectivity index (χ4v) is 4.91. The Bertz CT molecular complexity index is 1420. The Labute approximate surface area is 208 Å². The van der Waals surface area contributed by atoms with Crippen LogP contribution in [0.5, 0.6) is 23.0 Å². The highest BCUT2D eigenvalue weighted by Crippen LogP contribution is 2.42. The first-order valence-electron chi connectivity index (χ1n) is 12.0. The number of carbonyl (C=O) groups is 1. The number of alkyl halides is 1. The predicted molar refractivity (Wildman–Crippen MR) is 131 cm³/mol. The molecule has 1 aliphatic rings. The fourth-order valence-electron chi connectivity index (χ4n) is 3.78. The van der Waals surface area contributed by atoms with Crippen molar-refractivity contribution in [2.45, 2.75) is 12.5 Å². The van der Waals surface area contributed by atoms with Gasteiger partial charge in [-0.25, -0.2) is 4.39 Å². The van der Waals surface area contributed by atoms with Gasteiger partial charge in [0, 0.05) is 38.0 Å². The number of phenolic OH excluding ortho intramolecular Hbond substituents is 1. The first kappa shape index (κ1) is 20.8. The van der Waals surface area contributed by atoms with Gasteiger partial charge in [-0.05, 0) is 73.2 Å². The van der Waals surface area contributed by atoms with Crippen LogP contribution in [0.4, 0.5) is 8.78 Å². The van der Waals surface area contributed by atoms with Crippen molar-refractivity contribution in [3.63, 3.8) is 0 Å². The van der Waals surface area contributed by atoms with Crippen LogP contribution in [0.25, 0.3) is 10.1 Å². The molecular weight excluding hydrogens is 472 g/mol. The van der Waals surface area contributed by atoms with E-state index in [1.54, 1.807) is 41.3 Å². The smallest absolute Gasteiger partial charge is 0.206 e. The first-order valence-corrected chi connectivity index (χ1v) is 11.9. The van der Waals surface area contributed by atoms with Crippen molar-refractivity contribution in [2.24, 2.45) is 0 Å². The molecule has 0 spiro atoms. The normalized spacial score (nSPS) is 15.4. The van der Waals surface area contributed by atoms with E-state index in [2.05, 4.69) is 0 Å². The molecule has 0 saturated carbocycles. The van der Waals surface area contributed by atoms with E-state index in [1.165, 1.54) is 41.7 Å². The van der Waals surface area contributed by atoms with Crippen molar-refractivity contribution in [1.82, 2.24) is 4.90 Å². The highest BCUT2D eigenvalue weighted by atomic mass is 32.1. The molecule has 0 amide bonds. The summed E-state index contributed by atoms with van der Waals surface area (Å²) in [6, 6.07) is 16.9. The number of aromatic hydroxyl groups is 1. The maximum absolute atomic E-state index is 13.4. The van der Waals surface area contributed by atoms with Gasteiger partial charge in [-0.1, -0.05) is 0 Å². The number of phenols is 1. The van der Waals surface area contributed by atoms with Crippen molar-refractivity contribution in [1.29, 1.82) is 0 Å². The van der Waals surface area contributed by atoms with Crippen LogP contribution in [0.15, 0.2) is 66.7 Å². The number of fused-ring (bicyclic) bond motifs is 1. The van der Waals surface area contributed by atoms with Gasteiger partial charge in [0.1, 0.15) is 34.0 Å². The van der Waals surface area contributed by atoms with Gasteiger partial charge in [0.25, 0.3) is 0 Å². The topological polar surface area (TPSA) is 59.0 Å². The molecule has 0 radical (unpaired) electrons. The molecular formula is C27H23F2NO4S. The number of likely N-dealkylation sites (tertiary alicyclic amines) is 1. The molecule has 5 rings (SSSR count). The van der Waals surface area contributed by atoms with Gasteiger partial charge in [0.2, 0.25) is 5.78 Å². The van der Waals surface area contributed by atoms with Crippen LogP contribution in [0.1, 0.15) is 24.4 Å². The molecule has 35 heavy (non-hydrogen) atoms. The average molecular weight is 498 g/mol. The molecule has 2 heterocycles. The van der Waals surface area contributed by atoms with Gasteiger partial charge in [0.15, 0.2) is 5.75 Å². The van der Waals surface area contributed by atoms with Crippen LogP contribution in [0.2, 0.25) is 0 Å². The highest BCUT2D eigenvalue weighted by Gasteiger charge is 2.28. The summed E-state index contributed by atoms with van der Waals surface area (Å²) in [5.74, 6) is 0.679. The number of benzene rings is 3. The minimum Gasteiger partial charge on any atom is -0.508 e. The zero-order valence-corrected chi connectivity index (χ0v) is 19.4. The van der Waals surface area contributed by atoms with E-state index < -0.39 is 19.0 Å². The van der Waals surface area contributed by atoms with Crippen LogP contribution in [-0.4, -0.2) is 48.2 Å². The summed E-state index contributed by atoms with van der Waals surface area (Å²) in [7, 11) is 0. The summed E-state index contributed by atoms with van der Waals surface area (Å²) in [6.45, 7) is -1.66. The molecule has 0 bridgehead atoms. The lowest BCUT2D eigenvalue weighted by molar-refractivity contribution is 0.0184. The van der Waals surface area contributed by atoms with E-state index >= 15 is 0 Å². The monoisotopic (exact) mass is 497 g/mol. The molecule has 8 heteroatoms. The quantitative estimate of drug-likeness (QED) is 0.279. The van der Waals surface area contributed by atoms with Crippen molar-refractivity contribution in [3.8, 4) is 23.0 Å². The number of thiophene rings is 1. The molecule has 1 aromatic heterocycles. The minimum absolute atomic E-state index is 0.0647. The van der Waals surface area contributed by atoms with Crippen LogP contribution in [0.3, 0.4) is 0 Å². The molecule has 3 aromatic carbocycles. The maximum Gasteiger partial charge on any atom is 0.206 e. The summed E-state index contributed by atoms with van der Waals surface area (Å²) in [4.78, 5) is 15.1. The lowest BCUT2D eigenvalue weighted by Crippen LogP contribution is -2.53. The zero-order valence-electron chi connectivity index (χ0n) is 20.5. The summed E-state index contributed by atoms with van der Waals surface area (Å²) in [5.41, 5.74) is 0.316. The summed E-state index contributed by atoms with van der Waals surface area (Å²) >= 11 is 1.18. The van der Waals surface area contributed by atoms with Gasteiger partial charge in [-0.3, -0.25) is 14.1 Å². The van der Waals surface area contributed by atoms with Crippen molar-refractivity contribution >= 4 is 27.2 Å². The molecule has 0 aliphatic carbocycles. The van der Waals surface area contributed by atoms with Gasteiger partial charge < -0.3 is 14.6 Å². The second-order valence-corrected chi connectivity index (χ2v) is 9.14. The van der Waals surface area contributed by atoms with Crippen molar-refractivity contribution < 1.29 is 30.9 Å². The van der Waals surface area contributed by atoms with E-state index in [0.717, 1.165) is 0 Å². The van der Waals surface area contributed by atoms with Gasteiger partial charge in [-0.15, -0.1) is 11.3 Å². The third kappa shape index (κ3) is 5.13. The Kier molecular flexibility index (Phi) is 5.96. The van der Waals surface area contributed by atoms with Crippen LogP contribution in [0, 0.1) is 5.82 Å². The maximum atomic E-state index is 13.4. The zero-order chi connectivity index (χ0) is 26.2. The molecule has 0 atom stereocenters. The van der Waals surface area contributed by atoms with Gasteiger partial charge in [-0.2, -0.15) is 0 Å². The SMILES string of the molecule is [2H]C([2H])(CCF)N1CC(Oc2ccc(Oc3c(C(=O)c4ccc(F)cc4)sc4cc(O)ccc34)cc2)C1. The Morgan fingerprint density at radius 3 is 2.51 bits per heavy atom. The summed E-state index contributed by atoms with van der Waals surface area (Å²) in [5, 5.41) is 10.6. The number of hydrogen-bond donors (Lipinski definition) is 1. The van der Waals surface area contributed by atoms with E-state index in [4.69, 9.17) is 12.2 Å². The van der Waals surface area contributed by atoms with Gasteiger partial charge >= 0.3 is 0 Å². The number of carbonyl (C=O) groups excluding carboxylic acids is 1. The largest absolute Gasteiger partial charge is 0.508 e. The van der Waals surface area contributed by atoms with Crippen LogP contribution in [-0.2, 0) is 0 Å². The number of rotatable bonds is 9. The number of nitrogens with zero attached hydrogens (tertiary/aromatic N) is 1. The second kappa shape index (κ2) is 10.0. The first-order chi connectivity index (χ1) is 17.7. The molecule has 0 unspecified atom stereocenters. The van der Waals surface area contributed by atoms with Crippen molar-refractivity contribution in [3.05, 3.63) is 83.0 Å². The number of hydrogen-bond acceptors (Lipinski definition) is 6. The Morgan fingerprint density at radius 2 is 1.80 bits per heavy atom. The Morgan fingerprint density at radius 1 is 1.09 bits per heavy atom. The molecule has 1 fully saturated rings. The average Bonchev–Trinajstić information content (AvgIpc) is 3.19. The number of halogens is 2. The van der Waals surface area contributed by atoms with Crippen LogP contribution >= 0.6 is 11.3 Å². The highest BCUT2D eigenvalue weighted by molar-refractivity contribution is 7.21. The molecule has 180 valence electrons. The van der Waals surface area contributed by atoms with E-state index in [0.29, 0.717) is 50.9 Å². The standard InChI is InChI=1S/C27H23F2NO4S/c28-12-1-13-30-15-22(16-30)33-20-7-9-21(10-8-20)34-26-23-11-6-19(31)14-24(23)35-27(26)25(32)17-2-4-18(29)5-3-17/h2-11,14,22,31H,1,12-13,15-16H2/i13D2. The summed E-state index contributed by atoms with van der Waals surface area (Å²) < 4.78 is 54.4. The predicted octanol–water partition coefficient (Wildman–Crippen LogP) is 6.19. The molecule has 1 aliphatic heterocycles. The molecule has 1 N–H and O–H groups in total. The molecule has 5 nitrogen and oxygen atoms in total. The fraction of sp³-hybridized carbons (Fsp3) is 0.222. The van der Waals surface area contributed by atoms with E-state index in [-0.39, 0.29) is 24.1 Å². The minimum atomic E-state index is -1.69. The Balaban J connectivity index is 1.33. The van der Waals surface area contributed by atoms with E-state index in [1.807, 2.05) is 0 Å². The number of ether oxygens (including phenoxy) is 2. The van der Waals surface area contributed by atoms with Crippen LogP contribution < -0.4 is 9.47 Å². The molecule has 1 saturated heterocycles. The number of ketones is 1. The second-order valence-electron chi connectivity index (χ2n) is 8.09. The lowest BCUT2D eigenvalue weighted by atomic mass is 10.1. The van der Waals surface area contributed by atoms with Gasteiger partial charge in [0.05, 0.1) is 6.67 Å². The van der Waals surface area contributed by atoms with E-state index in [9.17, 15) is 18.7 Å². The molecule has 4 aromatic rings. The lowest BCUT2D eigenvalue weighted by Gasteiger charge is -2.38. The van der Waals surface area contributed by atoms with Crippen molar-refractivity contribution in [2.75, 3.05) is 26.3 Å². The third-order valence-electron chi connectivity index (χ3n) is 5.57. The summed E-state index contributed by atoms with van der Waals surface area (Å²) in [6.07, 6.45) is -0.372. The third-order valence-corrected chi connectivity index (χ3v) is 6.70.